The molecular formula is C17H25N3O3. The molecule has 0 aliphatic heterocycles. The Kier molecular flexibility index (Phi) is 5.13. The van der Waals surface area contributed by atoms with Crippen LogP contribution in [0.15, 0.2) is 22.6 Å². The second-order valence-electron chi connectivity index (χ2n) is 6.57. The van der Waals surface area contributed by atoms with Gasteiger partial charge in [-0.05, 0) is 45.9 Å². The molecule has 1 unspecified atom stereocenters. The molecule has 2 rings (SSSR count). The third-order valence-corrected chi connectivity index (χ3v) is 3.10. The van der Waals surface area contributed by atoms with Crippen LogP contribution in [0, 0.1) is 0 Å². The maximum absolute atomic E-state index is 11.6. The molecule has 1 aromatic heterocycles. The number of aromatic nitrogens is 1. The van der Waals surface area contributed by atoms with Gasteiger partial charge >= 0.3 is 6.09 Å². The number of rotatable bonds is 5. The molecule has 1 atom stereocenters. The number of fused-ring (bicyclic) bond motifs is 1. The minimum Gasteiger partial charge on any atom is -0.444 e. The Labute approximate surface area is 136 Å². The Morgan fingerprint density at radius 3 is 2.78 bits per heavy atom. The van der Waals surface area contributed by atoms with Gasteiger partial charge in [-0.3, -0.25) is 0 Å². The SMILES string of the molecule is CCc1nc2cc(NC(C)CNC(=O)OC(C)(C)C)ccc2o1. The Bertz CT molecular complexity index is 673. The van der Waals surface area contributed by atoms with E-state index < -0.39 is 11.7 Å². The van der Waals surface area contributed by atoms with Crippen molar-refractivity contribution in [3.8, 4) is 0 Å². The summed E-state index contributed by atoms with van der Waals surface area (Å²) in [6.07, 6.45) is 0.360. The van der Waals surface area contributed by atoms with Crippen LogP contribution in [0.1, 0.15) is 40.5 Å². The maximum atomic E-state index is 11.6. The number of carbonyl (C=O) groups excluding carboxylic acids is 1. The zero-order valence-electron chi connectivity index (χ0n) is 14.4. The number of carbonyl (C=O) groups is 1. The summed E-state index contributed by atoms with van der Waals surface area (Å²) in [7, 11) is 0. The van der Waals surface area contributed by atoms with E-state index in [0.29, 0.717) is 6.54 Å². The predicted octanol–water partition coefficient (Wildman–Crippen LogP) is 3.72. The van der Waals surface area contributed by atoms with Crippen molar-refractivity contribution in [2.24, 2.45) is 0 Å². The number of benzene rings is 1. The number of ether oxygens (including phenoxy) is 1. The zero-order valence-corrected chi connectivity index (χ0v) is 14.4. The molecule has 1 amide bonds. The third-order valence-electron chi connectivity index (χ3n) is 3.10. The average molecular weight is 319 g/mol. The van der Waals surface area contributed by atoms with Gasteiger partial charge in [0.1, 0.15) is 11.1 Å². The molecule has 126 valence electrons. The molecule has 1 aromatic carbocycles. The Morgan fingerprint density at radius 2 is 2.13 bits per heavy atom. The lowest BCUT2D eigenvalue weighted by Crippen LogP contribution is -2.38. The molecule has 0 aliphatic rings. The summed E-state index contributed by atoms with van der Waals surface area (Å²) in [6, 6.07) is 5.84. The normalized spacial score (nSPS) is 12.9. The highest BCUT2D eigenvalue weighted by atomic mass is 16.6. The molecule has 0 saturated heterocycles. The first kappa shape index (κ1) is 17.1. The summed E-state index contributed by atoms with van der Waals surface area (Å²) in [4.78, 5) is 16.1. The van der Waals surface area contributed by atoms with E-state index in [1.807, 2.05) is 52.8 Å². The molecule has 2 N–H and O–H groups in total. The summed E-state index contributed by atoms with van der Waals surface area (Å²) in [5.41, 5.74) is 2.06. The van der Waals surface area contributed by atoms with Crippen LogP contribution < -0.4 is 10.6 Å². The number of oxazole rings is 1. The topological polar surface area (TPSA) is 76.4 Å². The minimum atomic E-state index is -0.490. The fraction of sp³-hybridized carbons (Fsp3) is 0.529. The van der Waals surface area contributed by atoms with Crippen LogP contribution in [0.2, 0.25) is 0 Å². The van der Waals surface area contributed by atoms with Crippen molar-refractivity contribution in [3.63, 3.8) is 0 Å². The van der Waals surface area contributed by atoms with Crippen LogP contribution in [0.3, 0.4) is 0 Å². The van der Waals surface area contributed by atoms with Gasteiger partial charge in [0.15, 0.2) is 11.5 Å². The molecule has 2 aromatic rings. The summed E-state index contributed by atoms with van der Waals surface area (Å²) >= 11 is 0. The van der Waals surface area contributed by atoms with Crippen LogP contribution in [0.5, 0.6) is 0 Å². The van der Waals surface area contributed by atoms with Crippen molar-refractivity contribution in [1.82, 2.24) is 10.3 Å². The Hall–Kier alpha value is -2.24. The highest BCUT2D eigenvalue weighted by Crippen LogP contribution is 2.20. The van der Waals surface area contributed by atoms with Crippen LogP contribution in [0.4, 0.5) is 10.5 Å². The van der Waals surface area contributed by atoms with Gasteiger partial charge in [0, 0.05) is 24.7 Å². The number of hydrogen-bond acceptors (Lipinski definition) is 5. The van der Waals surface area contributed by atoms with Crippen molar-refractivity contribution in [2.45, 2.75) is 52.7 Å². The second kappa shape index (κ2) is 6.89. The van der Waals surface area contributed by atoms with Gasteiger partial charge < -0.3 is 19.8 Å². The molecule has 1 heterocycles. The molecule has 6 nitrogen and oxygen atoms in total. The number of alkyl carbamates (subject to hydrolysis) is 1. The van der Waals surface area contributed by atoms with E-state index in [1.54, 1.807) is 0 Å². The molecule has 23 heavy (non-hydrogen) atoms. The summed E-state index contributed by atoms with van der Waals surface area (Å²) in [5.74, 6) is 0.733. The van der Waals surface area contributed by atoms with E-state index in [-0.39, 0.29) is 6.04 Å². The van der Waals surface area contributed by atoms with Crippen molar-refractivity contribution >= 4 is 22.9 Å². The number of hydrogen-bond donors (Lipinski definition) is 2. The van der Waals surface area contributed by atoms with E-state index >= 15 is 0 Å². The van der Waals surface area contributed by atoms with Gasteiger partial charge in [0.05, 0.1) is 0 Å². The van der Waals surface area contributed by atoms with Gasteiger partial charge in [-0.25, -0.2) is 9.78 Å². The lowest BCUT2D eigenvalue weighted by Gasteiger charge is -2.21. The van der Waals surface area contributed by atoms with Gasteiger partial charge in [-0.2, -0.15) is 0 Å². The number of aryl methyl sites for hydroxylation is 1. The van der Waals surface area contributed by atoms with E-state index in [9.17, 15) is 4.79 Å². The Morgan fingerprint density at radius 1 is 1.39 bits per heavy atom. The quantitative estimate of drug-likeness (QED) is 0.878. The molecular weight excluding hydrogens is 294 g/mol. The number of nitrogens with one attached hydrogen (secondary N) is 2. The van der Waals surface area contributed by atoms with E-state index in [0.717, 1.165) is 29.1 Å². The summed E-state index contributed by atoms with van der Waals surface area (Å²) in [6.45, 7) is 9.98. The Balaban J connectivity index is 1.89. The van der Waals surface area contributed by atoms with E-state index in [4.69, 9.17) is 9.15 Å². The fourth-order valence-corrected chi connectivity index (χ4v) is 2.10. The lowest BCUT2D eigenvalue weighted by molar-refractivity contribution is 0.0526. The smallest absolute Gasteiger partial charge is 0.407 e. The first-order valence-electron chi connectivity index (χ1n) is 7.89. The molecule has 0 fully saturated rings. The van der Waals surface area contributed by atoms with Crippen LogP contribution >= 0.6 is 0 Å². The number of nitrogens with zero attached hydrogens (tertiary/aromatic N) is 1. The molecule has 0 saturated carbocycles. The molecule has 0 radical (unpaired) electrons. The number of anilines is 1. The van der Waals surface area contributed by atoms with Gasteiger partial charge in [-0.1, -0.05) is 6.92 Å². The third kappa shape index (κ3) is 5.16. The van der Waals surface area contributed by atoms with Gasteiger partial charge in [0.2, 0.25) is 0 Å². The first-order valence-corrected chi connectivity index (χ1v) is 7.89. The molecule has 0 aliphatic carbocycles. The van der Waals surface area contributed by atoms with Crippen LogP contribution in [0.25, 0.3) is 11.1 Å². The highest BCUT2D eigenvalue weighted by molar-refractivity contribution is 5.77. The maximum Gasteiger partial charge on any atom is 0.407 e. The standard InChI is InChI=1S/C17H25N3O3/c1-6-15-20-13-9-12(7-8-14(13)22-15)19-11(2)10-18-16(21)23-17(3,4)5/h7-9,11,19H,6,10H2,1-5H3,(H,18,21). The van der Waals surface area contributed by atoms with Crippen molar-refractivity contribution in [1.29, 1.82) is 0 Å². The number of amides is 1. The zero-order chi connectivity index (χ0) is 17.0. The van der Waals surface area contributed by atoms with Crippen molar-refractivity contribution in [2.75, 3.05) is 11.9 Å². The monoisotopic (exact) mass is 319 g/mol. The van der Waals surface area contributed by atoms with Crippen molar-refractivity contribution < 1.29 is 13.9 Å². The summed E-state index contributed by atoms with van der Waals surface area (Å²) in [5, 5.41) is 6.08. The lowest BCUT2D eigenvalue weighted by atomic mass is 10.2. The van der Waals surface area contributed by atoms with Crippen LogP contribution in [-0.4, -0.2) is 29.3 Å². The predicted molar refractivity (Wildman–Crippen MR) is 90.7 cm³/mol. The summed E-state index contributed by atoms with van der Waals surface area (Å²) < 4.78 is 10.8. The van der Waals surface area contributed by atoms with Gasteiger partial charge in [-0.15, -0.1) is 0 Å². The first-order chi connectivity index (χ1) is 10.8. The van der Waals surface area contributed by atoms with Crippen LogP contribution in [-0.2, 0) is 11.2 Å². The van der Waals surface area contributed by atoms with E-state index in [1.165, 1.54) is 0 Å². The fourth-order valence-electron chi connectivity index (χ4n) is 2.10. The second-order valence-corrected chi connectivity index (χ2v) is 6.57. The largest absolute Gasteiger partial charge is 0.444 e. The van der Waals surface area contributed by atoms with Crippen molar-refractivity contribution in [3.05, 3.63) is 24.1 Å². The minimum absolute atomic E-state index is 0.0533. The van der Waals surface area contributed by atoms with Gasteiger partial charge in [0.25, 0.3) is 0 Å². The molecule has 6 heteroatoms. The highest BCUT2D eigenvalue weighted by Gasteiger charge is 2.16. The molecule has 0 bridgehead atoms. The van der Waals surface area contributed by atoms with E-state index in [2.05, 4.69) is 15.6 Å². The molecule has 0 spiro atoms. The average Bonchev–Trinajstić information content (AvgIpc) is 2.85.